The van der Waals surface area contributed by atoms with Crippen molar-refractivity contribution in [1.29, 1.82) is 0 Å². The number of amides is 1. The van der Waals surface area contributed by atoms with E-state index >= 15 is 0 Å². The number of rotatable bonds is 6. The molecule has 0 saturated heterocycles. The Kier molecular flexibility index (Phi) is 6.42. The third kappa shape index (κ3) is 4.24. The van der Waals surface area contributed by atoms with Gasteiger partial charge in [-0.25, -0.2) is 8.42 Å². The highest BCUT2D eigenvalue weighted by molar-refractivity contribution is 7.98. The van der Waals surface area contributed by atoms with Crippen molar-refractivity contribution in [2.45, 2.75) is 30.5 Å². The lowest BCUT2D eigenvalue weighted by molar-refractivity contribution is 0.0997. The summed E-state index contributed by atoms with van der Waals surface area (Å²) in [6.45, 7) is 4.04. The molecular formula is C20H22N2O3S3. The second kappa shape index (κ2) is 8.63. The zero-order chi connectivity index (χ0) is 20.3. The molecule has 2 aromatic carbocycles. The van der Waals surface area contributed by atoms with E-state index in [2.05, 4.69) is 9.56 Å². The second-order valence-electron chi connectivity index (χ2n) is 6.53. The molecule has 0 spiro atoms. The van der Waals surface area contributed by atoms with Gasteiger partial charge in [0.1, 0.15) is 0 Å². The Balaban J connectivity index is 1.99. The van der Waals surface area contributed by atoms with Crippen LogP contribution in [0.2, 0.25) is 0 Å². The number of fused-ring (bicyclic) bond motifs is 1. The minimum atomic E-state index is -3.36. The smallest absolute Gasteiger partial charge is 0.279 e. The lowest BCUT2D eigenvalue weighted by Crippen LogP contribution is -2.18. The van der Waals surface area contributed by atoms with Crippen LogP contribution in [0.1, 0.15) is 24.2 Å². The van der Waals surface area contributed by atoms with Crippen LogP contribution >= 0.6 is 23.1 Å². The molecule has 0 unspecified atom stereocenters. The van der Waals surface area contributed by atoms with Crippen LogP contribution in [0.15, 0.2) is 58.4 Å². The third-order valence-corrected chi connectivity index (χ3v) is 8.18. The van der Waals surface area contributed by atoms with Crippen molar-refractivity contribution in [2.75, 3.05) is 12.0 Å². The molecule has 0 atom stereocenters. The molecule has 28 heavy (non-hydrogen) atoms. The minimum absolute atomic E-state index is 0.218. The van der Waals surface area contributed by atoms with Crippen molar-refractivity contribution in [3.63, 3.8) is 0 Å². The topological polar surface area (TPSA) is 68.5 Å². The number of hydrogen-bond acceptors (Lipinski definition) is 5. The maximum Gasteiger partial charge on any atom is 0.279 e. The number of thioether (sulfide) groups is 1. The first kappa shape index (κ1) is 20.8. The molecule has 1 aromatic heterocycles. The molecule has 0 aliphatic carbocycles. The molecule has 0 N–H and O–H groups in total. The lowest BCUT2D eigenvalue weighted by atomic mass is 10.2. The monoisotopic (exact) mass is 434 g/mol. The fourth-order valence-corrected chi connectivity index (χ4v) is 5.19. The number of thiazole rings is 1. The van der Waals surface area contributed by atoms with Gasteiger partial charge in [-0.15, -0.1) is 0 Å². The number of carbonyl (C=O) groups is 1. The molecule has 0 saturated carbocycles. The van der Waals surface area contributed by atoms with Crippen LogP contribution in [-0.4, -0.2) is 36.2 Å². The fraction of sp³-hybridized carbons (Fsp3) is 0.300. The van der Waals surface area contributed by atoms with Gasteiger partial charge in [0.15, 0.2) is 14.6 Å². The van der Waals surface area contributed by atoms with Gasteiger partial charge < -0.3 is 4.57 Å². The summed E-state index contributed by atoms with van der Waals surface area (Å²) < 4.78 is 27.6. The zero-order valence-corrected chi connectivity index (χ0v) is 18.4. The first-order chi connectivity index (χ1) is 13.3. The fourth-order valence-electron chi connectivity index (χ4n) is 2.72. The van der Waals surface area contributed by atoms with Gasteiger partial charge in [0.25, 0.3) is 5.91 Å². The van der Waals surface area contributed by atoms with E-state index in [0.717, 1.165) is 22.5 Å². The van der Waals surface area contributed by atoms with Crippen LogP contribution in [0.5, 0.6) is 0 Å². The van der Waals surface area contributed by atoms with E-state index in [9.17, 15) is 13.2 Å². The van der Waals surface area contributed by atoms with Gasteiger partial charge in [0.2, 0.25) is 0 Å². The maximum absolute atomic E-state index is 12.7. The highest BCUT2D eigenvalue weighted by atomic mass is 32.2. The number of sulfone groups is 1. The van der Waals surface area contributed by atoms with Crippen molar-refractivity contribution in [3.05, 3.63) is 58.9 Å². The van der Waals surface area contributed by atoms with Gasteiger partial charge in [-0.2, -0.15) is 16.8 Å². The van der Waals surface area contributed by atoms with Crippen molar-refractivity contribution in [3.8, 4) is 0 Å². The summed E-state index contributed by atoms with van der Waals surface area (Å²) in [5.74, 6) is 0.544. The Morgan fingerprint density at radius 3 is 2.46 bits per heavy atom. The van der Waals surface area contributed by atoms with Gasteiger partial charge in [0.05, 0.1) is 20.4 Å². The third-order valence-electron chi connectivity index (χ3n) is 4.35. The van der Waals surface area contributed by atoms with Crippen molar-refractivity contribution in [2.24, 2.45) is 4.99 Å². The van der Waals surface area contributed by atoms with Gasteiger partial charge in [0, 0.05) is 17.9 Å². The Morgan fingerprint density at radius 1 is 1.14 bits per heavy atom. The zero-order valence-electron chi connectivity index (χ0n) is 16.0. The number of hydrogen-bond donors (Lipinski definition) is 0. The first-order valence-corrected chi connectivity index (χ1v) is 12.6. The summed E-state index contributed by atoms with van der Waals surface area (Å²) >= 11 is 3.22. The molecule has 0 aliphatic rings. The van der Waals surface area contributed by atoms with Crippen molar-refractivity contribution in [1.82, 2.24) is 4.57 Å². The summed E-state index contributed by atoms with van der Waals surface area (Å²) in [7, 11) is -3.36. The van der Waals surface area contributed by atoms with E-state index in [1.807, 2.05) is 30.5 Å². The molecule has 1 heterocycles. The molecule has 5 nitrogen and oxygen atoms in total. The average Bonchev–Trinajstić information content (AvgIpc) is 3.03. The predicted molar refractivity (Wildman–Crippen MR) is 117 cm³/mol. The van der Waals surface area contributed by atoms with Crippen LogP contribution in [-0.2, 0) is 16.4 Å². The highest BCUT2D eigenvalue weighted by Gasteiger charge is 2.19. The van der Waals surface area contributed by atoms with Crippen molar-refractivity contribution >= 4 is 49.1 Å². The Labute approximate surface area is 173 Å². The van der Waals surface area contributed by atoms with Crippen LogP contribution in [0.4, 0.5) is 0 Å². The molecule has 8 heteroatoms. The number of para-hydroxylation sites is 1. The standard InChI is InChI=1S/C20H22N2O3S3/c1-14(2)28(24,25)16-10-8-15(9-11-16)19(23)21-20-22(12-13-26-3)17-6-4-5-7-18(17)27-20/h4-11,14H,12-13H2,1-3H3. The Hall–Kier alpha value is -1.90. The Morgan fingerprint density at radius 2 is 1.82 bits per heavy atom. The molecule has 0 bridgehead atoms. The van der Waals surface area contributed by atoms with Gasteiger partial charge in [-0.3, -0.25) is 4.79 Å². The van der Waals surface area contributed by atoms with Gasteiger partial charge >= 0.3 is 0 Å². The van der Waals surface area contributed by atoms with E-state index in [-0.39, 0.29) is 10.8 Å². The molecule has 1 amide bonds. The number of aromatic nitrogens is 1. The largest absolute Gasteiger partial charge is 0.316 e. The second-order valence-corrected chi connectivity index (χ2v) is 11.0. The van der Waals surface area contributed by atoms with Crippen LogP contribution in [0, 0.1) is 0 Å². The molecule has 0 fully saturated rings. The number of aryl methyl sites for hydroxylation is 1. The lowest BCUT2D eigenvalue weighted by Gasteiger charge is -2.07. The molecule has 3 rings (SSSR count). The summed E-state index contributed by atoms with van der Waals surface area (Å²) in [5.41, 5.74) is 1.43. The van der Waals surface area contributed by atoms with E-state index in [1.54, 1.807) is 25.6 Å². The normalized spacial score (nSPS) is 12.8. The van der Waals surface area contributed by atoms with Crippen LogP contribution in [0.3, 0.4) is 0 Å². The van der Waals surface area contributed by atoms with Crippen LogP contribution < -0.4 is 4.80 Å². The SMILES string of the molecule is CSCCn1c(=NC(=O)c2ccc(S(=O)(=O)C(C)C)cc2)sc2ccccc21. The van der Waals surface area contributed by atoms with Crippen molar-refractivity contribution < 1.29 is 13.2 Å². The quantitative estimate of drug-likeness (QED) is 0.588. The number of nitrogens with zero attached hydrogens (tertiary/aromatic N) is 2. The molecule has 0 radical (unpaired) electrons. The van der Waals surface area contributed by atoms with Crippen LogP contribution in [0.25, 0.3) is 10.2 Å². The van der Waals surface area contributed by atoms with E-state index in [1.165, 1.54) is 35.6 Å². The predicted octanol–water partition coefficient (Wildman–Crippen LogP) is 3.99. The molecule has 3 aromatic rings. The van der Waals surface area contributed by atoms with E-state index in [0.29, 0.717) is 10.4 Å². The Bertz CT molecular complexity index is 1160. The molecular weight excluding hydrogens is 412 g/mol. The highest BCUT2D eigenvalue weighted by Crippen LogP contribution is 2.19. The number of carbonyl (C=O) groups excluding carboxylic acids is 1. The van der Waals surface area contributed by atoms with E-state index < -0.39 is 15.1 Å². The summed E-state index contributed by atoms with van der Waals surface area (Å²) in [6.07, 6.45) is 2.05. The average molecular weight is 435 g/mol. The van der Waals surface area contributed by atoms with E-state index in [4.69, 9.17) is 0 Å². The minimum Gasteiger partial charge on any atom is -0.316 e. The first-order valence-electron chi connectivity index (χ1n) is 8.85. The summed E-state index contributed by atoms with van der Waals surface area (Å²) in [6, 6.07) is 14.0. The molecule has 148 valence electrons. The number of benzene rings is 2. The van der Waals surface area contributed by atoms with Gasteiger partial charge in [-0.05, 0) is 56.5 Å². The summed E-state index contributed by atoms with van der Waals surface area (Å²) in [5, 5.41) is -0.507. The molecule has 0 aliphatic heterocycles. The summed E-state index contributed by atoms with van der Waals surface area (Å²) in [4.78, 5) is 17.9. The van der Waals surface area contributed by atoms with Gasteiger partial charge in [-0.1, -0.05) is 23.5 Å². The maximum atomic E-state index is 12.7.